The van der Waals surface area contributed by atoms with Crippen LogP contribution in [-0.4, -0.2) is 46.1 Å². The smallest absolute Gasteiger partial charge is 0.253 e. The maximum absolute atomic E-state index is 12.5. The molecule has 1 amide bonds. The number of likely N-dealkylation sites (tertiary alicyclic amines) is 1. The van der Waals surface area contributed by atoms with Crippen molar-refractivity contribution in [1.82, 2.24) is 10.2 Å². The molecule has 2 rings (SSSR count). The standard InChI is InChI=1S/C19H29N3OS2/c1-19(2,3)25-14-11-20-18(24)21-16-9-7-15(8-10-16)17(23)22-12-5-4-6-13-22/h7-10H,4-6,11-14H2,1-3H3,(H2,20,21,24). The van der Waals surface area contributed by atoms with Crippen molar-refractivity contribution < 1.29 is 4.79 Å². The molecule has 0 aliphatic carbocycles. The lowest BCUT2D eigenvalue weighted by molar-refractivity contribution is 0.0724. The Hall–Kier alpha value is -1.27. The lowest BCUT2D eigenvalue weighted by Crippen LogP contribution is -2.35. The van der Waals surface area contributed by atoms with Gasteiger partial charge in [0.25, 0.3) is 5.91 Å². The zero-order valence-electron chi connectivity index (χ0n) is 15.4. The molecule has 0 unspecified atom stereocenters. The van der Waals surface area contributed by atoms with Gasteiger partial charge in [-0.05, 0) is 55.7 Å². The van der Waals surface area contributed by atoms with E-state index in [1.54, 1.807) is 0 Å². The average Bonchev–Trinajstić information content (AvgIpc) is 2.59. The second-order valence-electron chi connectivity index (χ2n) is 7.27. The number of rotatable bonds is 5. The molecule has 1 aliphatic rings. The molecular formula is C19H29N3OS2. The van der Waals surface area contributed by atoms with Gasteiger partial charge < -0.3 is 15.5 Å². The zero-order valence-corrected chi connectivity index (χ0v) is 17.1. The van der Waals surface area contributed by atoms with Crippen molar-refractivity contribution in [2.24, 2.45) is 0 Å². The van der Waals surface area contributed by atoms with Gasteiger partial charge in [0.2, 0.25) is 0 Å². The van der Waals surface area contributed by atoms with E-state index < -0.39 is 0 Å². The monoisotopic (exact) mass is 379 g/mol. The topological polar surface area (TPSA) is 44.4 Å². The highest BCUT2D eigenvalue weighted by molar-refractivity contribution is 8.00. The third-order valence-electron chi connectivity index (χ3n) is 3.96. The molecule has 1 aromatic rings. The lowest BCUT2D eigenvalue weighted by Gasteiger charge is -2.26. The van der Waals surface area contributed by atoms with Crippen LogP contribution in [0.25, 0.3) is 0 Å². The van der Waals surface area contributed by atoms with Gasteiger partial charge in [0.15, 0.2) is 5.11 Å². The summed E-state index contributed by atoms with van der Waals surface area (Å²) in [7, 11) is 0. The maximum atomic E-state index is 12.5. The number of carbonyl (C=O) groups excluding carboxylic acids is 1. The van der Waals surface area contributed by atoms with Crippen molar-refractivity contribution in [3.05, 3.63) is 29.8 Å². The molecular weight excluding hydrogens is 350 g/mol. The fraction of sp³-hybridized carbons (Fsp3) is 0.579. The van der Waals surface area contributed by atoms with Crippen LogP contribution in [0.5, 0.6) is 0 Å². The number of hydrogen-bond acceptors (Lipinski definition) is 3. The largest absolute Gasteiger partial charge is 0.362 e. The Kier molecular flexibility index (Phi) is 7.56. The molecule has 0 bridgehead atoms. The summed E-state index contributed by atoms with van der Waals surface area (Å²) in [6, 6.07) is 7.57. The van der Waals surface area contributed by atoms with Gasteiger partial charge in [0.1, 0.15) is 0 Å². The molecule has 0 spiro atoms. The molecule has 0 saturated carbocycles. The number of thioether (sulfide) groups is 1. The summed E-state index contributed by atoms with van der Waals surface area (Å²) in [5.74, 6) is 1.14. The molecule has 0 atom stereocenters. The van der Waals surface area contributed by atoms with Crippen LogP contribution in [0.2, 0.25) is 0 Å². The highest BCUT2D eigenvalue weighted by Gasteiger charge is 2.17. The van der Waals surface area contributed by atoms with E-state index in [0.717, 1.165) is 49.5 Å². The first kappa shape index (κ1) is 20.0. The van der Waals surface area contributed by atoms with E-state index in [0.29, 0.717) is 5.11 Å². The third kappa shape index (κ3) is 7.24. The number of benzene rings is 1. The fourth-order valence-electron chi connectivity index (χ4n) is 2.67. The Labute approximate surface area is 161 Å². The molecule has 1 fully saturated rings. The number of thiocarbonyl (C=S) groups is 1. The lowest BCUT2D eigenvalue weighted by atomic mass is 10.1. The molecule has 0 aromatic heterocycles. The first-order valence-corrected chi connectivity index (χ1v) is 10.3. The fourth-order valence-corrected chi connectivity index (χ4v) is 3.71. The second-order valence-corrected chi connectivity index (χ2v) is 9.60. The SMILES string of the molecule is CC(C)(C)SCCNC(=S)Nc1ccc(C(=O)N2CCCCC2)cc1. The zero-order chi connectivity index (χ0) is 18.3. The molecule has 1 aliphatic heterocycles. The number of hydrogen-bond donors (Lipinski definition) is 2. The predicted molar refractivity (Wildman–Crippen MR) is 113 cm³/mol. The van der Waals surface area contributed by atoms with Crippen molar-refractivity contribution in [1.29, 1.82) is 0 Å². The second kappa shape index (κ2) is 9.43. The summed E-state index contributed by atoms with van der Waals surface area (Å²) in [4.78, 5) is 14.4. The van der Waals surface area contributed by atoms with Crippen molar-refractivity contribution in [3.8, 4) is 0 Å². The van der Waals surface area contributed by atoms with Crippen LogP contribution >= 0.6 is 24.0 Å². The summed E-state index contributed by atoms with van der Waals surface area (Å²) in [5, 5.41) is 7.00. The summed E-state index contributed by atoms with van der Waals surface area (Å²) >= 11 is 7.23. The Morgan fingerprint density at radius 2 is 1.80 bits per heavy atom. The van der Waals surface area contributed by atoms with Gasteiger partial charge in [-0.15, -0.1) is 0 Å². The van der Waals surface area contributed by atoms with Gasteiger partial charge >= 0.3 is 0 Å². The third-order valence-corrected chi connectivity index (χ3v) is 5.48. The van der Waals surface area contributed by atoms with Crippen molar-refractivity contribution in [3.63, 3.8) is 0 Å². The number of anilines is 1. The van der Waals surface area contributed by atoms with Gasteiger partial charge in [-0.2, -0.15) is 11.8 Å². The summed E-state index contributed by atoms with van der Waals surface area (Å²) in [6.45, 7) is 9.21. The van der Waals surface area contributed by atoms with E-state index in [1.807, 2.05) is 40.9 Å². The van der Waals surface area contributed by atoms with Gasteiger partial charge in [-0.25, -0.2) is 0 Å². The minimum Gasteiger partial charge on any atom is -0.362 e. The molecule has 138 valence electrons. The van der Waals surface area contributed by atoms with Gasteiger partial charge in [0.05, 0.1) is 0 Å². The van der Waals surface area contributed by atoms with E-state index in [4.69, 9.17) is 12.2 Å². The molecule has 1 heterocycles. The van der Waals surface area contributed by atoms with E-state index in [1.165, 1.54) is 6.42 Å². The molecule has 0 radical (unpaired) electrons. The molecule has 1 aromatic carbocycles. The minimum atomic E-state index is 0.131. The molecule has 4 nitrogen and oxygen atoms in total. The number of nitrogens with one attached hydrogen (secondary N) is 2. The summed E-state index contributed by atoms with van der Waals surface area (Å²) in [6.07, 6.45) is 3.45. The number of piperidine rings is 1. The molecule has 6 heteroatoms. The van der Waals surface area contributed by atoms with Crippen LogP contribution in [0.3, 0.4) is 0 Å². The van der Waals surface area contributed by atoms with E-state index in [-0.39, 0.29) is 10.7 Å². The number of nitrogens with zero attached hydrogens (tertiary/aromatic N) is 1. The minimum absolute atomic E-state index is 0.131. The maximum Gasteiger partial charge on any atom is 0.253 e. The van der Waals surface area contributed by atoms with E-state index in [2.05, 4.69) is 31.4 Å². The highest BCUT2D eigenvalue weighted by atomic mass is 32.2. The Bertz CT molecular complexity index is 575. The number of carbonyl (C=O) groups is 1. The molecule has 1 saturated heterocycles. The van der Waals surface area contributed by atoms with Crippen LogP contribution in [0.1, 0.15) is 50.4 Å². The average molecular weight is 380 g/mol. The van der Waals surface area contributed by atoms with Crippen molar-refractivity contribution in [2.75, 3.05) is 30.7 Å². The summed E-state index contributed by atoms with van der Waals surface area (Å²) < 4.78 is 0.271. The normalized spacial score (nSPS) is 14.9. The quantitative estimate of drug-likeness (QED) is 0.595. The van der Waals surface area contributed by atoms with E-state index in [9.17, 15) is 4.79 Å². The molecule has 2 N–H and O–H groups in total. The Morgan fingerprint density at radius 1 is 1.16 bits per heavy atom. The van der Waals surface area contributed by atoms with Gasteiger partial charge in [0, 0.05) is 41.4 Å². The number of amides is 1. The Balaban J connectivity index is 1.77. The van der Waals surface area contributed by atoms with Gasteiger partial charge in [-0.3, -0.25) is 4.79 Å². The first-order chi connectivity index (χ1) is 11.8. The van der Waals surface area contributed by atoms with Crippen molar-refractivity contribution >= 4 is 40.7 Å². The van der Waals surface area contributed by atoms with Gasteiger partial charge in [-0.1, -0.05) is 20.8 Å². The molecule has 25 heavy (non-hydrogen) atoms. The summed E-state index contributed by atoms with van der Waals surface area (Å²) in [5.41, 5.74) is 1.64. The predicted octanol–water partition coefficient (Wildman–Crippen LogP) is 4.13. The van der Waals surface area contributed by atoms with Crippen LogP contribution < -0.4 is 10.6 Å². The first-order valence-electron chi connectivity index (χ1n) is 8.93. The van der Waals surface area contributed by atoms with Crippen LogP contribution in [0.15, 0.2) is 24.3 Å². The van der Waals surface area contributed by atoms with Crippen LogP contribution in [-0.2, 0) is 0 Å². The van der Waals surface area contributed by atoms with E-state index >= 15 is 0 Å². The Morgan fingerprint density at radius 3 is 2.40 bits per heavy atom. The van der Waals surface area contributed by atoms with Crippen LogP contribution in [0.4, 0.5) is 5.69 Å². The van der Waals surface area contributed by atoms with Crippen molar-refractivity contribution in [2.45, 2.75) is 44.8 Å². The van der Waals surface area contributed by atoms with Crippen LogP contribution in [0, 0.1) is 0 Å². The highest BCUT2D eigenvalue weighted by Crippen LogP contribution is 2.22.